The molecule has 0 saturated carbocycles. The first-order chi connectivity index (χ1) is 12.2. The van der Waals surface area contributed by atoms with Gasteiger partial charge in [0.2, 0.25) is 5.91 Å². The summed E-state index contributed by atoms with van der Waals surface area (Å²) < 4.78 is 5.12. The Kier molecular flexibility index (Phi) is 6.03. The number of rotatable bonds is 7. The Morgan fingerprint density at radius 2 is 1.62 bits per heavy atom. The van der Waals surface area contributed by atoms with Crippen molar-refractivity contribution in [3.05, 3.63) is 65.2 Å². The molecule has 0 heterocycles. The van der Waals surface area contributed by atoms with E-state index in [4.69, 9.17) is 9.84 Å². The van der Waals surface area contributed by atoms with Gasteiger partial charge < -0.3 is 14.7 Å². The summed E-state index contributed by atoms with van der Waals surface area (Å²) in [5, 5.41) is 8.63. The lowest BCUT2D eigenvalue weighted by Crippen LogP contribution is -2.41. The number of carboxylic acid groups (broad SMARTS) is 1. The van der Waals surface area contributed by atoms with E-state index in [1.807, 2.05) is 57.2 Å². The number of likely N-dealkylation sites (N-methyl/N-ethyl adjacent to an activating group) is 1. The molecule has 26 heavy (non-hydrogen) atoms. The molecule has 0 saturated heterocycles. The number of hydrogen-bond acceptors (Lipinski definition) is 3. The van der Waals surface area contributed by atoms with Crippen LogP contribution in [-0.2, 0) is 21.5 Å². The van der Waals surface area contributed by atoms with Gasteiger partial charge in [-0.2, -0.15) is 0 Å². The fraction of sp³-hybridized carbons (Fsp3) is 0.333. The van der Waals surface area contributed by atoms with Crippen LogP contribution in [0.5, 0.6) is 5.75 Å². The van der Waals surface area contributed by atoms with E-state index in [9.17, 15) is 9.59 Å². The number of hydrogen-bond donors (Lipinski definition) is 1. The van der Waals surface area contributed by atoms with E-state index in [0.717, 1.165) is 16.7 Å². The Morgan fingerprint density at radius 3 is 2.15 bits per heavy atom. The van der Waals surface area contributed by atoms with Crippen LogP contribution in [0.15, 0.2) is 48.5 Å². The third-order valence-corrected chi connectivity index (χ3v) is 4.36. The number of carboxylic acids is 1. The van der Waals surface area contributed by atoms with Crippen LogP contribution in [-0.4, -0.2) is 35.5 Å². The zero-order valence-electron chi connectivity index (χ0n) is 15.7. The fourth-order valence-corrected chi connectivity index (χ4v) is 2.75. The van der Waals surface area contributed by atoms with Gasteiger partial charge in [0.25, 0.3) is 0 Å². The number of amides is 1. The van der Waals surface area contributed by atoms with Crippen molar-refractivity contribution in [2.75, 3.05) is 13.7 Å². The van der Waals surface area contributed by atoms with Crippen LogP contribution in [0.3, 0.4) is 0 Å². The van der Waals surface area contributed by atoms with E-state index in [0.29, 0.717) is 12.3 Å². The second kappa shape index (κ2) is 8.04. The summed E-state index contributed by atoms with van der Waals surface area (Å²) in [5.41, 5.74) is 2.48. The number of aliphatic carboxylic acids is 1. The quantitative estimate of drug-likeness (QED) is 0.827. The van der Waals surface area contributed by atoms with Gasteiger partial charge in [-0.3, -0.25) is 4.79 Å². The number of carbonyl (C=O) groups excluding carboxylic acids is 1. The average molecular weight is 355 g/mol. The molecule has 0 aliphatic heterocycles. The highest BCUT2D eigenvalue weighted by molar-refractivity contribution is 5.87. The smallest absolute Gasteiger partial charge is 0.341 e. The third kappa shape index (κ3) is 4.85. The van der Waals surface area contributed by atoms with Crippen LogP contribution in [0.25, 0.3) is 0 Å². The van der Waals surface area contributed by atoms with Crippen molar-refractivity contribution in [2.24, 2.45) is 0 Å². The largest absolute Gasteiger partial charge is 0.482 e. The summed E-state index contributed by atoms with van der Waals surface area (Å²) in [5.74, 6) is -0.490. The van der Waals surface area contributed by atoms with Crippen molar-refractivity contribution in [1.29, 1.82) is 0 Å². The molecule has 0 aliphatic carbocycles. The first-order valence-electron chi connectivity index (χ1n) is 8.46. The van der Waals surface area contributed by atoms with Gasteiger partial charge in [-0.25, -0.2) is 4.79 Å². The summed E-state index contributed by atoms with van der Waals surface area (Å²) in [4.78, 5) is 25.2. The van der Waals surface area contributed by atoms with Crippen molar-refractivity contribution in [3.63, 3.8) is 0 Å². The summed E-state index contributed by atoms with van der Waals surface area (Å²) >= 11 is 0. The van der Waals surface area contributed by atoms with Gasteiger partial charge in [0.05, 0.1) is 5.41 Å². The molecule has 0 fully saturated rings. The first-order valence-corrected chi connectivity index (χ1v) is 8.46. The van der Waals surface area contributed by atoms with E-state index in [2.05, 4.69) is 0 Å². The highest BCUT2D eigenvalue weighted by Gasteiger charge is 2.32. The lowest BCUT2D eigenvalue weighted by Gasteiger charge is -2.30. The second-order valence-corrected chi connectivity index (χ2v) is 6.98. The average Bonchev–Trinajstić information content (AvgIpc) is 2.60. The molecular formula is C21H25NO4. The van der Waals surface area contributed by atoms with E-state index >= 15 is 0 Å². The van der Waals surface area contributed by atoms with Gasteiger partial charge in [-0.15, -0.1) is 0 Å². The molecule has 0 atom stereocenters. The molecule has 0 aromatic heterocycles. The summed E-state index contributed by atoms with van der Waals surface area (Å²) in [6.45, 7) is 5.98. The third-order valence-electron chi connectivity index (χ3n) is 4.36. The maximum atomic E-state index is 12.9. The highest BCUT2D eigenvalue weighted by atomic mass is 16.5. The van der Waals surface area contributed by atoms with Gasteiger partial charge in [0.15, 0.2) is 6.61 Å². The molecule has 0 radical (unpaired) electrons. The van der Waals surface area contributed by atoms with Gasteiger partial charge in [-0.1, -0.05) is 42.0 Å². The van der Waals surface area contributed by atoms with E-state index < -0.39 is 11.4 Å². The minimum Gasteiger partial charge on any atom is -0.482 e. The lowest BCUT2D eigenvalue weighted by atomic mass is 9.83. The Balaban J connectivity index is 2.03. The number of ether oxygens (including phenoxy) is 1. The van der Waals surface area contributed by atoms with Crippen molar-refractivity contribution in [1.82, 2.24) is 4.90 Å². The van der Waals surface area contributed by atoms with Crippen LogP contribution >= 0.6 is 0 Å². The molecule has 5 nitrogen and oxygen atoms in total. The maximum Gasteiger partial charge on any atom is 0.341 e. The topological polar surface area (TPSA) is 66.8 Å². The van der Waals surface area contributed by atoms with Gasteiger partial charge in [0.1, 0.15) is 5.75 Å². The predicted octanol–water partition coefficient (Wildman–Crippen LogP) is 3.39. The van der Waals surface area contributed by atoms with Crippen LogP contribution in [0.2, 0.25) is 0 Å². The van der Waals surface area contributed by atoms with Gasteiger partial charge in [-0.05, 0) is 44.0 Å². The van der Waals surface area contributed by atoms with Gasteiger partial charge >= 0.3 is 5.97 Å². The maximum absolute atomic E-state index is 12.9. The summed E-state index contributed by atoms with van der Waals surface area (Å²) in [6.07, 6.45) is 0. The molecule has 1 N–H and O–H groups in total. The Labute approximate surface area is 154 Å². The lowest BCUT2D eigenvalue weighted by molar-refractivity contribution is -0.139. The number of carbonyl (C=O) groups is 2. The summed E-state index contributed by atoms with van der Waals surface area (Å²) in [6, 6.07) is 15.1. The van der Waals surface area contributed by atoms with E-state index in [-0.39, 0.29) is 12.5 Å². The first kappa shape index (κ1) is 19.5. The van der Waals surface area contributed by atoms with Crippen molar-refractivity contribution in [2.45, 2.75) is 32.7 Å². The molecule has 0 bridgehead atoms. The number of nitrogens with zero attached hydrogens (tertiary/aromatic N) is 1. The van der Waals surface area contributed by atoms with Crippen molar-refractivity contribution >= 4 is 11.9 Å². The van der Waals surface area contributed by atoms with Crippen LogP contribution < -0.4 is 4.74 Å². The molecule has 2 aromatic rings. The zero-order chi connectivity index (χ0) is 19.3. The zero-order valence-corrected chi connectivity index (χ0v) is 15.7. The Morgan fingerprint density at radius 1 is 1.04 bits per heavy atom. The molecule has 0 aliphatic rings. The number of benzene rings is 2. The van der Waals surface area contributed by atoms with E-state index in [1.54, 1.807) is 24.1 Å². The van der Waals surface area contributed by atoms with Gasteiger partial charge in [0, 0.05) is 13.6 Å². The molecule has 1 amide bonds. The monoisotopic (exact) mass is 355 g/mol. The van der Waals surface area contributed by atoms with Crippen LogP contribution in [0.4, 0.5) is 0 Å². The molecular weight excluding hydrogens is 330 g/mol. The minimum atomic E-state index is -1.02. The molecule has 0 spiro atoms. The fourth-order valence-electron chi connectivity index (χ4n) is 2.75. The Hall–Kier alpha value is -2.82. The molecule has 0 unspecified atom stereocenters. The number of aryl methyl sites for hydroxylation is 1. The SMILES string of the molecule is Cc1ccc(C(C)(C)C(=O)N(C)Cc2ccc(OCC(=O)O)cc2)cc1. The summed E-state index contributed by atoms with van der Waals surface area (Å²) in [7, 11) is 1.78. The highest BCUT2D eigenvalue weighted by Crippen LogP contribution is 2.26. The molecule has 138 valence electrons. The normalized spacial score (nSPS) is 11.1. The van der Waals surface area contributed by atoms with Crippen molar-refractivity contribution in [3.8, 4) is 5.75 Å². The standard InChI is InChI=1S/C21H25NO4/c1-15-5-9-17(10-6-15)21(2,3)20(25)22(4)13-16-7-11-18(12-8-16)26-14-19(23)24/h5-12H,13-14H2,1-4H3,(H,23,24). The van der Waals surface area contributed by atoms with E-state index in [1.165, 1.54) is 0 Å². The van der Waals surface area contributed by atoms with Crippen LogP contribution in [0.1, 0.15) is 30.5 Å². The Bertz CT molecular complexity index is 764. The molecule has 2 rings (SSSR count). The molecule has 5 heteroatoms. The second-order valence-electron chi connectivity index (χ2n) is 6.98. The van der Waals surface area contributed by atoms with Crippen molar-refractivity contribution < 1.29 is 19.4 Å². The molecule has 2 aromatic carbocycles. The predicted molar refractivity (Wildman–Crippen MR) is 100 cm³/mol. The van der Waals surface area contributed by atoms with Crippen LogP contribution in [0, 0.1) is 6.92 Å². The minimum absolute atomic E-state index is 0.0348.